The van der Waals surface area contributed by atoms with Crippen LogP contribution in [0.4, 0.5) is 0 Å². The summed E-state index contributed by atoms with van der Waals surface area (Å²) in [5.41, 5.74) is 6.33. The van der Waals surface area contributed by atoms with Gasteiger partial charge in [0.05, 0.1) is 16.7 Å². The first kappa shape index (κ1) is 12.9. The molecule has 4 rings (SSSR count). The third-order valence-electron chi connectivity index (χ3n) is 4.01. The highest BCUT2D eigenvalue weighted by Gasteiger charge is 2.12. The molecular weight excluding hydrogens is 278 g/mol. The zero-order valence-corrected chi connectivity index (χ0v) is 12.6. The number of aryl methyl sites for hydroxylation is 2. The second-order valence-electron chi connectivity index (χ2n) is 5.50. The number of aromatic amines is 1. The maximum absolute atomic E-state index is 4.72. The maximum atomic E-state index is 4.72. The van der Waals surface area contributed by atoms with Crippen molar-refractivity contribution < 1.29 is 0 Å². The molecule has 0 atom stereocenters. The number of fused-ring (bicyclic) bond motifs is 2. The van der Waals surface area contributed by atoms with E-state index in [1.807, 2.05) is 24.4 Å². The zero-order valence-electron chi connectivity index (χ0n) is 11.8. The number of thioether (sulfide) groups is 1. The van der Waals surface area contributed by atoms with E-state index < -0.39 is 0 Å². The van der Waals surface area contributed by atoms with Crippen molar-refractivity contribution in [3.63, 3.8) is 0 Å². The number of nitrogens with zero attached hydrogens (tertiary/aromatic N) is 2. The van der Waals surface area contributed by atoms with E-state index in [2.05, 4.69) is 22.1 Å². The number of benzene rings is 1. The number of H-pyrrole nitrogens is 1. The van der Waals surface area contributed by atoms with Crippen molar-refractivity contribution in [2.75, 3.05) is 0 Å². The van der Waals surface area contributed by atoms with Crippen LogP contribution in [0.3, 0.4) is 0 Å². The first-order valence-electron chi connectivity index (χ1n) is 7.43. The van der Waals surface area contributed by atoms with Crippen molar-refractivity contribution in [3.05, 3.63) is 53.3 Å². The van der Waals surface area contributed by atoms with Crippen molar-refractivity contribution in [2.45, 2.75) is 36.6 Å². The lowest BCUT2D eigenvalue weighted by Gasteiger charge is -2.14. The molecule has 0 radical (unpaired) electrons. The standard InChI is InChI=1S/C17H17N3S/c1-2-6-13-10-16-15(9-12(13)5-1)19-17(20-16)21-11-14-7-3-4-8-18-14/h3-4,7-10H,1-2,5-6,11H2,(H,19,20). The predicted molar refractivity (Wildman–Crippen MR) is 86.5 cm³/mol. The molecule has 0 saturated heterocycles. The van der Waals surface area contributed by atoms with Gasteiger partial charge in [-0.3, -0.25) is 4.98 Å². The Kier molecular flexibility index (Phi) is 3.39. The molecule has 106 valence electrons. The minimum Gasteiger partial charge on any atom is -0.333 e. The molecule has 2 heterocycles. The Hall–Kier alpha value is -1.81. The van der Waals surface area contributed by atoms with E-state index in [1.165, 1.54) is 42.3 Å². The molecule has 0 bridgehead atoms. The Bertz CT molecular complexity index is 721. The van der Waals surface area contributed by atoms with Gasteiger partial charge in [-0.1, -0.05) is 17.8 Å². The average molecular weight is 295 g/mol. The summed E-state index contributed by atoms with van der Waals surface area (Å²) in [6.45, 7) is 0. The van der Waals surface area contributed by atoms with E-state index in [-0.39, 0.29) is 0 Å². The highest BCUT2D eigenvalue weighted by atomic mass is 32.2. The maximum Gasteiger partial charge on any atom is 0.166 e. The molecule has 2 aromatic heterocycles. The Morgan fingerprint density at radius 3 is 2.76 bits per heavy atom. The van der Waals surface area contributed by atoms with Gasteiger partial charge in [0.2, 0.25) is 0 Å². The van der Waals surface area contributed by atoms with Crippen molar-refractivity contribution >= 4 is 22.8 Å². The Morgan fingerprint density at radius 1 is 1.10 bits per heavy atom. The quantitative estimate of drug-likeness (QED) is 0.739. The Balaban J connectivity index is 1.59. The molecule has 1 aliphatic carbocycles. The highest BCUT2D eigenvalue weighted by molar-refractivity contribution is 7.98. The lowest BCUT2D eigenvalue weighted by atomic mass is 9.91. The summed E-state index contributed by atoms with van der Waals surface area (Å²) >= 11 is 1.71. The number of hydrogen-bond acceptors (Lipinski definition) is 3. The van der Waals surface area contributed by atoms with Crippen LogP contribution in [0.15, 0.2) is 41.7 Å². The van der Waals surface area contributed by atoms with Crippen LogP contribution in [0, 0.1) is 0 Å². The predicted octanol–water partition coefficient (Wildman–Crippen LogP) is 4.13. The Labute approximate surface area is 128 Å². The molecule has 0 amide bonds. The summed E-state index contributed by atoms with van der Waals surface area (Å²) in [7, 11) is 0. The molecule has 21 heavy (non-hydrogen) atoms. The fourth-order valence-electron chi connectivity index (χ4n) is 2.91. The lowest BCUT2D eigenvalue weighted by molar-refractivity contribution is 0.687. The smallest absolute Gasteiger partial charge is 0.166 e. The third kappa shape index (κ3) is 2.68. The van der Waals surface area contributed by atoms with Gasteiger partial charge in [-0.25, -0.2) is 4.98 Å². The van der Waals surface area contributed by atoms with Gasteiger partial charge in [0, 0.05) is 11.9 Å². The van der Waals surface area contributed by atoms with Crippen molar-refractivity contribution in [1.82, 2.24) is 15.0 Å². The highest BCUT2D eigenvalue weighted by Crippen LogP contribution is 2.28. The molecule has 0 spiro atoms. The van der Waals surface area contributed by atoms with E-state index in [1.54, 1.807) is 11.8 Å². The van der Waals surface area contributed by atoms with Crippen LogP contribution < -0.4 is 0 Å². The second kappa shape index (κ2) is 5.53. The van der Waals surface area contributed by atoms with Crippen LogP contribution in [-0.4, -0.2) is 15.0 Å². The van der Waals surface area contributed by atoms with Crippen LogP contribution in [0.25, 0.3) is 11.0 Å². The van der Waals surface area contributed by atoms with Crippen LogP contribution in [-0.2, 0) is 18.6 Å². The van der Waals surface area contributed by atoms with Gasteiger partial charge in [0.25, 0.3) is 0 Å². The third-order valence-corrected chi connectivity index (χ3v) is 4.91. The number of nitrogens with one attached hydrogen (secondary N) is 1. The topological polar surface area (TPSA) is 41.6 Å². The van der Waals surface area contributed by atoms with Gasteiger partial charge in [-0.15, -0.1) is 0 Å². The van der Waals surface area contributed by atoms with E-state index >= 15 is 0 Å². The lowest BCUT2D eigenvalue weighted by Crippen LogP contribution is -2.01. The zero-order chi connectivity index (χ0) is 14.1. The van der Waals surface area contributed by atoms with E-state index in [0.29, 0.717) is 0 Å². The first-order valence-corrected chi connectivity index (χ1v) is 8.41. The second-order valence-corrected chi connectivity index (χ2v) is 6.46. The van der Waals surface area contributed by atoms with E-state index in [9.17, 15) is 0 Å². The molecule has 0 aliphatic heterocycles. The van der Waals surface area contributed by atoms with Crippen molar-refractivity contribution in [2.24, 2.45) is 0 Å². The van der Waals surface area contributed by atoms with Crippen LogP contribution >= 0.6 is 11.8 Å². The fraction of sp³-hybridized carbons (Fsp3) is 0.294. The minimum absolute atomic E-state index is 0.848. The summed E-state index contributed by atoms with van der Waals surface area (Å²) in [6.07, 6.45) is 6.87. The van der Waals surface area contributed by atoms with Gasteiger partial charge < -0.3 is 4.98 Å². The molecule has 0 unspecified atom stereocenters. The van der Waals surface area contributed by atoms with E-state index in [0.717, 1.165) is 22.1 Å². The number of pyridine rings is 1. The minimum atomic E-state index is 0.848. The molecule has 4 heteroatoms. The summed E-state index contributed by atoms with van der Waals surface area (Å²) in [4.78, 5) is 12.5. The molecule has 3 nitrogen and oxygen atoms in total. The number of rotatable bonds is 3. The first-order chi connectivity index (χ1) is 10.4. The monoisotopic (exact) mass is 295 g/mol. The van der Waals surface area contributed by atoms with Gasteiger partial charge in [0.1, 0.15) is 0 Å². The summed E-state index contributed by atoms with van der Waals surface area (Å²) in [5, 5.41) is 0.984. The summed E-state index contributed by atoms with van der Waals surface area (Å²) < 4.78 is 0. The van der Waals surface area contributed by atoms with E-state index in [4.69, 9.17) is 4.98 Å². The molecule has 1 aromatic carbocycles. The van der Waals surface area contributed by atoms with Crippen LogP contribution in [0.1, 0.15) is 29.7 Å². The van der Waals surface area contributed by atoms with Gasteiger partial charge in [-0.2, -0.15) is 0 Å². The van der Waals surface area contributed by atoms with Gasteiger partial charge in [-0.05, 0) is 61.1 Å². The van der Waals surface area contributed by atoms with Gasteiger partial charge >= 0.3 is 0 Å². The molecule has 0 saturated carbocycles. The summed E-state index contributed by atoms with van der Waals surface area (Å²) in [5.74, 6) is 0.848. The average Bonchev–Trinajstić information content (AvgIpc) is 2.93. The van der Waals surface area contributed by atoms with Crippen molar-refractivity contribution in [1.29, 1.82) is 0 Å². The van der Waals surface area contributed by atoms with Gasteiger partial charge in [0.15, 0.2) is 5.16 Å². The molecule has 1 aliphatic rings. The normalized spacial score (nSPS) is 14.3. The van der Waals surface area contributed by atoms with Crippen molar-refractivity contribution in [3.8, 4) is 0 Å². The SMILES string of the molecule is c1ccc(CSc2nc3cc4c(cc3[nH]2)CCCC4)nc1. The number of aromatic nitrogens is 3. The molecule has 0 fully saturated rings. The molecule has 1 N–H and O–H groups in total. The largest absolute Gasteiger partial charge is 0.333 e. The number of hydrogen-bond donors (Lipinski definition) is 1. The van der Waals surface area contributed by atoms with Crippen LogP contribution in [0.2, 0.25) is 0 Å². The Morgan fingerprint density at radius 2 is 1.95 bits per heavy atom. The summed E-state index contributed by atoms with van der Waals surface area (Å²) in [6, 6.07) is 10.6. The molecule has 3 aromatic rings. The molecular formula is C17H17N3S. The fourth-order valence-corrected chi connectivity index (χ4v) is 3.71. The van der Waals surface area contributed by atoms with Crippen LogP contribution in [0.5, 0.6) is 0 Å². The number of imidazole rings is 1.